The summed E-state index contributed by atoms with van der Waals surface area (Å²) in [5.74, 6) is 0.755. The summed E-state index contributed by atoms with van der Waals surface area (Å²) in [6, 6.07) is 7.81. The van der Waals surface area contributed by atoms with E-state index in [0.717, 1.165) is 21.1 Å². The van der Waals surface area contributed by atoms with Gasteiger partial charge in [-0.1, -0.05) is 12.1 Å². The fraction of sp³-hybridized carbons (Fsp3) is 0.0769. The number of fused-ring (bicyclic) bond motifs is 1. The number of nitrogens with one attached hydrogen (secondary N) is 2. The Morgan fingerprint density at radius 1 is 1.14 bits per heavy atom. The smallest absolute Gasteiger partial charge is 0.233 e. The van der Waals surface area contributed by atoms with Crippen LogP contribution in [0.5, 0.6) is 0 Å². The lowest BCUT2D eigenvalue weighted by molar-refractivity contribution is 1.05. The maximum Gasteiger partial charge on any atom is 0.233 e. The van der Waals surface area contributed by atoms with Crippen molar-refractivity contribution in [3.8, 4) is 0 Å². The van der Waals surface area contributed by atoms with Gasteiger partial charge in [-0.05, 0) is 39.7 Å². The van der Waals surface area contributed by atoms with Crippen LogP contribution in [-0.4, -0.2) is 27.0 Å². The number of anilines is 3. The summed E-state index contributed by atoms with van der Waals surface area (Å²) in [4.78, 5) is 16.6. The molecule has 0 aliphatic rings. The van der Waals surface area contributed by atoms with Crippen molar-refractivity contribution in [2.24, 2.45) is 0 Å². The van der Waals surface area contributed by atoms with Gasteiger partial charge in [-0.15, -0.1) is 0 Å². The SMILES string of the molecule is CNc1nc(Cl)nc(Nc2cccc3cc(Br)cnc23)n1. The summed E-state index contributed by atoms with van der Waals surface area (Å²) in [5.41, 5.74) is 1.62. The lowest BCUT2D eigenvalue weighted by Gasteiger charge is -2.09. The molecular weight excluding hydrogens is 356 g/mol. The summed E-state index contributed by atoms with van der Waals surface area (Å²) in [6.07, 6.45) is 1.74. The molecule has 1 aromatic carbocycles. The molecule has 2 heterocycles. The number of hydrogen-bond donors (Lipinski definition) is 2. The molecule has 3 aromatic rings. The van der Waals surface area contributed by atoms with E-state index in [1.165, 1.54) is 0 Å². The van der Waals surface area contributed by atoms with E-state index in [1.54, 1.807) is 13.2 Å². The van der Waals surface area contributed by atoms with Crippen LogP contribution in [0.3, 0.4) is 0 Å². The van der Waals surface area contributed by atoms with Crippen LogP contribution in [0.2, 0.25) is 5.28 Å². The molecule has 0 saturated carbocycles. The van der Waals surface area contributed by atoms with Crippen LogP contribution in [0, 0.1) is 0 Å². The number of aromatic nitrogens is 4. The zero-order valence-electron chi connectivity index (χ0n) is 10.9. The summed E-state index contributed by atoms with van der Waals surface area (Å²) < 4.78 is 0.924. The average Bonchev–Trinajstić information content (AvgIpc) is 2.46. The summed E-state index contributed by atoms with van der Waals surface area (Å²) >= 11 is 9.28. The maximum atomic E-state index is 5.87. The van der Waals surface area contributed by atoms with E-state index in [9.17, 15) is 0 Å². The monoisotopic (exact) mass is 364 g/mol. The Labute approximate surface area is 134 Å². The largest absolute Gasteiger partial charge is 0.357 e. The van der Waals surface area contributed by atoms with E-state index < -0.39 is 0 Å². The maximum absolute atomic E-state index is 5.87. The van der Waals surface area contributed by atoms with Crippen LogP contribution >= 0.6 is 27.5 Å². The van der Waals surface area contributed by atoms with Gasteiger partial charge in [0.1, 0.15) is 0 Å². The van der Waals surface area contributed by atoms with Gasteiger partial charge in [-0.25, -0.2) is 0 Å². The van der Waals surface area contributed by atoms with Crippen molar-refractivity contribution in [3.63, 3.8) is 0 Å². The number of hydrogen-bond acceptors (Lipinski definition) is 6. The van der Waals surface area contributed by atoms with Gasteiger partial charge in [0.25, 0.3) is 0 Å². The molecule has 8 heteroatoms. The standard InChI is InChI=1S/C13H10BrClN6/c1-16-12-19-11(15)20-13(21-12)18-9-4-2-3-7-5-8(14)6-17-10(7)9/h2-6H,1H3,(H2,16,18,19,20,21). The minimum absolute atomic E-state index is 0.118. The zero-order chi connectivity index (χ0) is 14.8. The number of halogens is 2. The predicted octanol–water partition coefficient (Wildman–Crippen LogP) is 3.62. The first kappa shape index (κ1) is 14.0. The quantitative estimate of drug-likeness (QED) is 0.738. The average molecular weight is 366 g/mol. The molecule has 0 fully saturated rings. The van der Waals surface area contributed by atoms with Crippen LogP contribution in [0.25, 0.3) is 10.9 Å². The normalized spacial score (nSPS) is 10.6. The zero-order valence-corrected chi connectivity index (χ0v) is 13.3. The van der Waals surface area contributed by atoms with E-state index >= 15 is 0 Å². The molecular formula is C13H10BrClN6. The predicted molar refractivity (Wildman–Crippen MR) is 87.1 cm³/mol. The Kier molecular flexibility index (Phi) is 3.85. The molecule has 6 nitrogen and oxygen atoms in total. The summed E-state index contributed by atoms with van der Waals surface area (Å²) in [7, 11) is 1.71. The molecule has 106 valence electrons. The van der Waals surface area contributed by atoms with E-state index in [4.69, 9.17) is 11.6 Å². The highest BCUT2D eigenvalue weighted by molar-refractivity contribution is 9.10. The van der Waals surface area contributed by atoms with E-state index in [0.29, 0.717) is 11.9 Å². The molecule has 3 rings (SSSR count). The van der Waals surface area contributed by atoms with Gasteiger partial charge in [-0.3, -0.25) is 4.98 Å². The third kappa shape index (κ3) is 3.03. The molecule has 21 heavy (non-hydrogen) atoms. The Morgan fingerprint density at radius 3 is 2.76 bits per heavy atom. The number of benzene rings is 1. The van der Waals surface area contributed by atoms with E-state index in [2.05, 4.69) is 46.5 Å². The number of pyridine rings is 1. The van der Waals surface area contributed by atoms with Gasteiger partial charge < -0.3 is 10.6 Å². The Morgan fingerprint density at radius 2 is 1.95 bits per heavy atom. The van der Waals surface area contributed by atoms with Crippen molar-refractivity contribution in [2.45, 2.75) is 0 Å². The van der Waals surface area contributed by atoms with Gasteiger partial charge in [0, 0.05) is 23.1 Å². The van der Waals surface area contributed by atoms with Crippen LogP contribution in [0.15, 0.2) is 34.9 Å². The fourth-order valence-corrected chi connectivity index (χ4v) is 2.38. The second-order valence-electron chi connectivity index (χ2n) is 4.16. The minimum Gasteiger partial charge on any atom is -0.357 e. The molecule has 0 amide bonds. The van der Waals surface area contributed by atoms with Crippen molar-refractivity contribution < 1.29 is 0 Å². The lowest BCUT2D eigenvalue weighted by Crippen LogP contribution is -2.04. The Hall–Kier alpha value is -1.99. The second kappa shape index (κ2) is 5.79. The molecule has 0 radical (unpaired) electrons. The third-order valence-corrected chi connectivity index (χ3v) is 3.36. The molecule has 0 spiro atoms. The van der Waals surface area contributed by atoms with E-state index in [1.807, 2.05) is 24.3 Å². The molecule has 0 bridgehead atoms. The highest BCUT2D eigenvalue weighted by Crippen LogP contribution is 2.26. The Balaban J connectivity index is 2.04. The van der Waals surface area contributed by atoms with Gasteiger partial charge in [0.05, 0.1) is 11.2 Å². The highest BCUT2D eigenvalue weighted by Gasteiger charge is 2.07. The molecule has 2 N–H and O–H groups in total. The van der Waals surface area contributed by atoms with Gasteiger partial charge >= 0.3 is 0 Å². The molecule has 0 atom stereocenters. The van der Waals surface area contributed by atoms with Crippen molar-refractivity contribution in [2.75, 3.05) is 17.7 Å². The second-order valence-corrected chi connectivity index (χ2v) is 5.41. The lowest BCUT2D eigenvalue weighted by atomic mass is 10.2. The number of nitrogens with zero attached hydrogens (tertiary/aromatic N) is 4. The molecule has 2 aromatic heterocycles. The van der Waals surface area contributed by atoms with Crippen LogP contribution < -0.4 is 10.6 Å². The summed E-state index contributed by atoms with van der Waals surface area (Å²) in [5, 5.41) is 7.07. The first-order valence-electron chi connectivity index (χ1n) is 6.06. The topological polar surface area (TPSA) is 75.6 Å². The first-order chi connectivity index (χ1) is 10.2. The van der Waals surface area contributed by atoms with E-state index in [-0.39, 0.29) is 5.28 Å². The minimum atomic E-state index is 0.118. The highest BCUT2D eigenvalue weighted by atomic mass is 79.9. The van der Waals surface area contributed by atoms with Gasteiger partial charge in [0.2, 0.25) is 17.2 Å². The van der Waals surface area contributed by atoms with Gasteiger partial charge in [-0.2, -0.15) is 15.0 Å². The van der Waals surface area contributed by atoms with Crippen molar-refractivity contribution in [3.05, 3.63) is 40.2 Å². The van der Waals surface area contributed by atoms with Crippen LogP contribution in [0.1, 0.15) is 0 Å². The molecule has 0 aliphatic carbocycles. The number of para-hydroxylation sites is 1. The molecule has 0 saturated heterocycles. The van der Waals surface area contributed by atoms with Crippen LogP contribution in [0.4, 0.5) is 17.6 Å². The third-order valence-electron chi connectivity index (χ3n) is 2.76. The van der Waals surface area contributed by atoms with Gasteiger partial charge in [0.15, 0.2) is 0 Å². The Bertz CT molecular complexity index is 810. The summed E-state index contributed by atoms with van der Waals surface area (Å²) in [6.45, 7) is 0. The van der Waals surface area contributed by atoms with Crippen molar-refractivity contribution in [1.29, 1.82) is 0 Å². The van der Waals surface area contributed by atoms with Crippen molar-refractivity contribution in [1.82, 2.24) is 19.9 Å². The fourth-order valence-electron chi connectivity index (χ4n) is 1.87. The molecule has 0 aliphatic heterocycles. The molecule has 0 unspecified atom stereocenters. The first-order valence-corrected chi connectivity index (χ1v) is 7.23. The number of rotatable bonds is 3. The van der Waals surface area contributed by atoms with Crippen LogP contribution in [-0.2, 0) is 0 Å². The van der Waals surface area contributed by atoms with Crippen molar-refractivity contribution >= 4 is 56.0 Å².